The fourth-order valence-corrected chi connectivity index (χ4v) is 3.38. The Labute approximate surface area is 187 Å². The number of hydrogen-bond acceptors (Lipinski definition) is 10. The van der Waals surface area contributed by atoms with E-state index in [1.54, 1.807) is 0 Å². The van der Waals surface area contributed by atoms with Crippen molar-refractivity contribution in [3.05, 3.63) is 0 Å². The lowest BCUT2D eigenvalue weighted by atomic mass is 10.3. The van der Waals surface area contributed by atoms with E-state index in [0.717, 1.165) is 0 Å². The van der Waals surface area contributed by atoms with Crippen LogP contribution in [-0.4, -0.2) is 111 Å². The summed E-state index contributed by atoms with van der Waals surface area (Å²) in [5.41, 5.74) is 5.84. The molecule has 1 amide bonds. The van der Waals surface area contributed by atoms with E-state index in [1.807, 2.05) is 0 Å². The van der Waals surface area contributed by atoms with Crippen LogP contribution in [0.4, 0.5) is 0 Å². The third-order valence-electron chi connectivity index (χ3n) is 3.44. The van der Waals surface area contributed by atoms with Crippen molar-refractivity contribution in [3.63, 3.8) is 0 Å². The molecule has 0 rings (SSSR count). The summed E-state index contributed by atoms with van der Waals surface area (Å²) in [4.78, 5) is 40.3. The normalized spacial score (nSPS) is 13.6. The molecule has 0 aliphatic carbocycles. The standard InChI is InChI=1S/C17H35N2O10PS/c1-14(20)29-15(11-25-2)12-31-13-16(18)17(21)19-3-4-26-5-6-27-7-8-28-9-10-30(22,23)24/h15-16H,3-13,18H2,1-2H3,(H,19,21)(H2,22,23,24)/t15-,16+/m1/s1. The SMILES string of the molecule is COC[C@H](CSC[C@H](N)C(=O)NCCOCCOCCOCCP(=O)(O)O)OC(C)=O. The minimum atomic E-state index is -4.02. The minimum Gasteiger partial charge on any atom is -0.459 e. The van der Waals surface area contributed by atoms with Gasteiger partial charge >= 0.3 is 13.6 Å². The van der Waals surface area contributed by atoms with Crippen molar-refractivity contribution in [3.8, 4) is 0 Å². The quantitative estimate of drug-likeness (QED) is 0.0928. The molecule has 0 bridgehead atoms. The Balaban J connectivity index is 3.59. The van der Waals surface area contributed by atoms with E-state index in [1.165, 1.54) is 25.8 Å². The molecule has 14 heteroatoms. The van der Waals surface area contributed by atoms with Gasteiger partial charge in [-0.3, -0.25) is 14.2 Å². The molecule has 0 aromatic carbocycles. The third-order valence-corrected chi connectivity index (χ3v) is 5.41. The summed E-state index contributed by atoms with van der Waals surface area (Å²) in [6, 6.07) is -0.695. The molecule has 12 nitrogen and oxygen atoms in total. The number of ether oxygens (including phenoxy) is 5. The molecular weight excluding hydrogens is 455 g/mol. The van der Waals surface area contributed by atoms with E-state index >= 15 is 0 Å². The second kappa shape index (κ2) is 18.8. The van der Waals surface area contributed by atoms with Crippen LogP contribution in [0, 0.1) is 0 Å². The lowest BCUT2D eigenvalue weighted by Gasteiger charge is -2.17. The van der Waals surface area contributed by atoms with Gasteiger partial charge in [-0.2, -0.15) is 11.8 Å². The highest BCUT2D eigenvalue weighted by Crippen LogP contribution is 2.33. The number of methoxy groups -OCH3 is 1. The minimum absolute atomic E-state index is 0.0234. The van der Waals surface area contributed by atoms with Crippen LogP contribution in [0.5, 0.6) is 0 Å². The first-order chi connectivity index (χ1) is 14.7. The fourth-order valence-electron chi connectivity index (χ4n) is 2.04. The Morgan fingerprint density at radius 1 is 1.03 bits per heavy atom. The maximum absolute atomic E-state index is 11.9. The molecule has 0 aromatic heterocycles. The average molecular weight is 491 g/mol. The van der Waals surface area contributed by atoms with E-state index in [0.29, 0.717) is 37.9 Å². The van der Waals surface area contributed by atoms with Crippen LogP contribution in [-0.2, 0) is 37.8 Å². The Hall–Kier alpha value is -0.760. The van der Waals surface area contributed by atoms with Crippen LogP contribution in [0.2, 0.25) is 0 Å². The zero-order valence-electron chi connectivity index (χ0n) is 18.0. The largest absolute Gasteiger partial charge is 0.459 e. The molecule has 0 saturated carbocycles. The number of amides is 1. The van der Waals surface area contributed by atoms with Crippen LogP contribution in [0.1, 0.15) is 6.92 Å². The van der Waals surface area contributed by atoms with Crippen LogP contribution < -0.4 is 11.1 Å². The highest BCUT2D eigenvalue weighted by atomic mass is 32.2. The average Bonchev–Trinajstić information content (AvgIpc) is 2.67. The van der Waals surface area contributed by atoms with Crippen molar-refractivity contribution in [1.82, 2.24) is 5.32 Å². The molecule has 0 fully saturated rings. The molecule has 31 heavy (non-hydrogen) atoms. The number of nitrogens with two attached hydrogens (primary N) is 1. The maximum atomic E-state index is 11.9. The van der Waals surface area contributed by atoms with Gasteiger partial charge in [0, 0.05) is 32.1 Å². The molecule has 0 radical (unpaired) electrons. The van der Waals surface area contributed by atoms with Gasteiger partial charge in [-0.05, 0) is 0 Å². The molecule has 0 aliphatic heterocycles. The summed E-state index contributed by atoms with van der Waals surface area (Å²) < 4.78 is 36.3. The van der Waals surface area contributed by atoms with Crippen molar-refractivity contribution in [2.75, 3.05) is 77.6 Å². The van der Waals surface area contributed by atoms with Crippen molar-refractivity contribution < 1.29 is 47.6 Å². The summed E-state index contributed by atoms with van der Waals surface area (Å²) in [5.74, 6) is 0.168. The number of nitrogens with one attached hydrogen (secondary N) is 1. The molecular formula is C17H35N2O10PS. The first-order valence-corrected chi connectivity index (χ1v) is 12.7. The van der Waals surface area contributed by atoms with Gasteiger partial charge in [0.15, 0.2) is 0 Å². The monoisotopic (exact) mass is 490 g/mol. The summed E-state index contributed by atoms with van der Waals surface area (Å²) in [7, 11) is -2.50. The second-order valence-electron chi connectivity index (χ2n) is 6.35. The van der Waals surface area contributed by atoms with E-state index < -0.39 is 13.6 Å². The predicted octanol–water partition coefficient (Wildman–Crippen LogP) is -1.03. The summed E-state index contributed by atoms with van der Waals surface area (Å²) in [6.45, 7) is 3.37. The Kier molecular flexibility index (Phi) is 18.3. The summed E-state index contributed by atoms with van der Waals surface area (Å²) in [5, 5.41) is 2.68. The third kappa shape index (κ3) is 20.9. The van der Waals surface area contributed by atoms with Crippen LogP contribution >= 0.6 is 19.4 Å². The molecule has 0 aromatic rings. The lowest BCUT2D eigenvalue weighted by molar-refractivity contribution is -0.147. The molecule has 2 atom stereocenters. The molecule has 0 aliphatic rings. The van der Waals surface area contributed by atoms with E-state index in [2.05, 4.69) is 5.32 Å². The number of hydrogen-bond donors (Lipinski definition) is 4. The predicted molar refractivity (Wildman–Crippen MR) is 115 cm³/mol. The molecule has 0 heterocycles. The number of rotatable bonds is 20. The highest BCUT2D eigenvalue weighted by molar-refractivity contribution is 7.99. The molecule has 0 spiro atoms. The zero-order valence-corrected chi connectivity index (χ0v) is 19.7. The van der Waals surface area contributed by atoms with Gasteiger partial charge in [0.25, 0.3) is 0 Å². The maximum Gasteiger partial charge on any atom is 0.327 e. The molecule has 0 saturated heterocycles. The Bertz CT molecular complexity index is 537. The number of thioether (sulfide) groups is 1. The van der Waals surface area contributed by atoms with Gasteiger partial charge in [0.1, 0.15) is 6.10 Å². The van der Waals surface area contributed by atoms with Crippen molar-refractivity contribution in [1.29, 1.82) is 0 Å². The fraction of sp³-hybridized carbons (Fsp3) is 0.882. The molecule has 0 unspecified atom stereocenters. The van der Waals surface area contributed by atoms with Gasteiger partial charge in [-0.15, -0.1) is 0 Å². The topological polar surface area (TPSA) is 176 Å². The summed E-state index contributed by atoms with van der Waals surface area (Å²) in [6.07, 6.45) is -0.697. The Morgan fingerprint density at radius 3 is 2.16 bits per heavy atom. The first-order valence-electron chi connectivity index (χ1n) is 9.70. The summed E-state index contributed by atoms with van der Waals surface area (Å²) >= 11 is 1.40. The van der Waals surface area contributed by atoms with E-state index in [9.17, 15) is 14.2 Å². The lowest BCUT2D eigenvalue weighted by Crippen LogP contribution is -2.43. The van der Waals surface area contributed by atoms with Crippen LogP contribution in [0.25, 0.3) is 0 Å². The van der Waals surface area contributed by atoms with E-state index in [4.69, 9.17) is 39.2 Å². The smallest absolute Gasteiger partial charge is 0.327 e. The first kappa shape index (κ1) is 30.2. The number of carbonyl (C=O) groups is 2. The van der Waals surface area contributed by atoms with Gasteiger partial charge in [0.05, 0.1) is 58.5 Å². The van der Waals surface area contributed by atoms with Gasteiger partial charge in [-0.25, -0.2) is 0 Å². The number of esters is 1. The highest BCUT2D eigenvalue weighted by Gasteiger charge is 2.16. The molecule has 5 N–H and O–H groups in total. The molecule has 184 valence electrons. The second-order valence-corrected chi connectivity index (χ2v) is 9.20. The zero-order chi connectivity index (χ0) is 23.5. The number of carbonyl (C=O) groups excluding carboxylic acids is 2. The van der Waals surface area contributed by atoms with Crippen LogP contribution in [0.3, 0.4) is 0 Å². The van der Waals surface area contributed by atoms with Gasteiger partial charge in [0.2, 0.25) is 5.91 Å². The van der Waals surface area contributed by atoms with Crippen molar-refractivity contribution in [2.24, 2.45) is 5.73 Å². The van der Waals surface area contributed by atoms with E-state index in [-0.39, 0.29) is 50.6 Å². The van der Waals surface area contributed by atoms with Gasteiger partial charge < -0.3 is 44.5 Å². The van der Waals surface area contributed by atoms with Crippen molar-refractivity contribution >= 4 is 31.2 Å². The van der Waals surface area contributed by atoms with Gasteiger partial charge in [-0.1, -0.05) is 0 Å². The van der Waals surface area contributed by atoms with Crippen molar-refractivity contribution in [2.45, 2.75) is 19.1 Å². The Morgan fingerprint density at radius 2 is 1.61 bits per heavy atom. The van der Waals surface area contributed by atoms with Crippen LogP contribution in [0.15, 0.2) is 0 Å².